The normalized spacial score (nSPS) is 29.3. The SMILES string of the molecule is CC1=C(F)C=CC(C2CC2)C=C1. The van der Waals surface area contributed by atoms with Gasteiger partial charge in [-0.3, -0.25) is 0 Å². The second-order valence-corrected chi connectivity index (χ2v) is 3.66. The lowest BCUT2D eigenvalue weighted by Gasteiger charge is -2.01. The molecular weight excluding hydrogens is 151 g/mol. The van der Waals surface area contributed by atoms with E-state index in [-0.39, 0.29) is 5.83 Å². The summed E-state index contributed by atoms with van der Waals surface area (Å²) in [6, 6.07) is 0. The zero-order valence-corrected chi connectivity index (χ0v) is 7.26. The van der Waals surface area contributed by atoms with E-state index in [4.69, 9.17) is 0 Å². The van der Waals surface area contributed by atoms with Gasteiger partial charge >= 0.3 is 0 Å². The first-order valence-corrected chi connectivity index (χ1v) is 4.50. The summed E-state index contributed by atoms with van der Waals surface area (Å²) in [5.74, 6) is 1.18. The lowest BCUT2D eigenvalue weighted by atomic mass is 10.0. The van der Waals surface area contributed by atoms with Crippen LogP contribution in [0.3, 0.4) is 0 Å². The van der Waals surface area contributed by atoms with Crippen LogP contribution >= 0.6 is 0 Å². The number of rotatable bonds is 1. The van der Waals surface area contributed by atoms with Crippen LogP contribution in [0.25, 0.3) is 0 Å². The van der Waals surface area contributed by atoms with E-state index in [0.717, 1.165) is 11.5 Å². The summed E-state index contributed by atoms with van der Waals surface area (Å²) in [6.45, 7) is 1.81. The van der Waals surface area contributed by atoms with Crippen molar-refractivity contribution in [3.05, 3.63) is 35.7 Å². The van der Waals surface area contributed by atoms with Crippen molar-refractivity contribution in [2.24, 2.45) is 11.8 Å². The fourth-order valence-corrected chi connectivity index (χ4v) is 1.52. The highest BCUT2D eigenvalue weighted by Gasteiger charge is 2.28. The maximum atomic E-state index is 13.0. The van der Waals surface area contributed by atoms with Gasteiger partial charge in [0.2, 0.25) is 0 Å². The molecule has 2 aliphatic rings. The van der Waals surface area contributed by atoms with Crippen molar-refractivity contribution in [1.82, 2.24) is 0 Å². The zero-order valence-electron chi connectivity index (χ0n) is 7.26. The van der Waals surface area contributed by atoms with Gasteiger partial charge in [-0.25, -0.2) is 4.39 Å². The maximum Gasteiger partial charge on any atom is 0.125 e. The summed E-state index contributed by atoms with van der Waals surface area (Å²) in [4.78, 5) is 0. The van der Waals surface area contributed by atoms with Gasteiger partial charge in [0.25, 0.3) is 0 Å². The fraction of sp³-hybridized carbons (Fsp3) is 0.455. The summed E-state index contributed by atoms with van der Waals surface area (Å²) >= 11 is 0. The summed E-state index contributed by atoms with van der Waals surface area (Å²) < 4.78 is 13.0. The van der Waals surface area contributed by atoms with E-state index in [1.165, 1.54) is 12.8 Å². The molecule has 0 heterocycles. The van der Waals surface area contributed by atoms with E-state index >= 15 is 0 Å². The highest BCUT2D eigenvalue weighted by molar-refractivity contribution is 5.32. The van der Waals surface area contributed by atoms with Crippen molar-refractivity contribution in [3.8, 4) is 0 Å². The largest absolute Gasteiger partial charge is 0.207 e. The van der Waals surface area contributed by atoms with Gasteiger partial charge < -0.3 is 0 Å². The van der Waals surface area contributed by atoms with Crippen LogP contribution in [0.4, 0.5) is 4.39 Å². The lowest BCUT2D eigenvalue weighted by Crippen LogP contribution is -1.92. The number of hydrogen-bond donors (Lipinski definition) is 0. The van der Waals surface area contributed by atoms with Crippen LogP contribution in [-0.4, -0.2) is 0 Å². The lowest BCUT2D eigenvalue weighted by molar-refractivity contribution is 0.653. The van der Waals surface area contributed by atoms with E-state index in [2.05, 4.69) is 6.08 Å². The average molecular weight is 164 g/mol. The van der Waals surface area contributed by atoms with Gasteiger partial charge in [0.05, 0.1) is 0 Å². The number of allylic oxidation sites excluding steroid dienone is 6. The minimum Gasteiger partial charge on any atom is -0.207 e. The molecule has 1 heteroatoms. The third-order valence-corrected chi connectivity index (χ3v) is 2.58. The third-order valence-electron chi connectivity index (χ3n) is 2.58. The molecule has 1 atom stereocenters. The van der Waals surface area contributed by atoms with Crippen LogP contribution < -0.4 is 0 Å². The van der Waals surface area contributed by atoms with Crippen molar-refractivity contribution in [3.63, 3.8) is 0 Å². The first kappa shape index (κ1) is 7.78. The molecule has 0 N–H and O–H groups in total. The minimum absolute atomic E-state index is 0.0885. The molecule has 0 aromatic carbocycles. The first-order chi connectivity index (χ1) is 5.77. The van der Waals surface area contributed by atoms with Gasteiger partial charge in [-0.15, -0.1) is 0 Å². The molecule has 0 nitrogen and oxygen atoms in total. The third kappa shape index (κ3) is 1.50. The molecule has 2 aliphatic carbocycles. The smallest absolute Gasteiger partial charge is 0.125 e. The molecule has 1 unspecified atom stereocenters. The molecule has 1 saturated carbocycles. The van der Waals surface area contributed by atoms with Crippen molar-refractivity contribution in [2.45, 2.75) is 19.8 Å². The number of hydrogen-bond acceptors (Lipinski definition) is 0. The van der Waals surface area contributed by atoms with E-state index < -0.39 is 0 Å². The van der Waals surface area contributed by atoms with Gasteiger partial charge in [0.1, 0.15) is 5.83 Å². The summed E-state index contributed by atoms with van der Waals surface area (Å²) in [5.41, 5.74) is 0.745. The van der Waals surface area contributed by atoms with Crippen LogP contribution in [0.15, 0.2) is 35.7 Å². The molecule has 0 aliphatic heterocycles. The van der Waals surface area contributed by atoms with Crippen molar-refractivity contribution >= 4 is 0 Å². The highest BCUT2D eigenvalue weighted by Crippen LogP contribution is 2.39. The molecule has 0 aromatic heterocycles. The summed E-state index contributed by atoms with van der Waals surface area (Å²) in [6.07, 6.45) is 10.2. The van der Waals surface area contributed by atoms with E-state index in [0.29, 0.717) is 5.92 Å². The van der Waals surface area contributed by atoms with Crippen molar-refractivity contribution < 1.29 is 4.39 Å². The molecule has 0 spiro atoms. The Morgan fingerprint density at radius 1 is 1.25 bits per heavy atom. The second-order valence-electron chi connectivity index (χ2n) is 3.66. The summed E-state index contributed by atoms with van der Waals surface area (Å²) in [7, 11) is 0. The topological polar surface area (TPSA) is 0 Å². The first-order valence-electron chi connectivity index (χ1n) is 4.50. The molecule has 12 heavy (non-hydrogen) atoms. The van der Waals surface area contributed by atoms with Crippen LogP contribution in [0.5, 0.6) is 0 Å². The monoisotopic (exact) mass is 164 g/mol. The Kier molecular flexibility index (Phi) is 1.87. The standard InChI is InChI=1S/C11H13F/c1-8-2-3-9(10-4-5-10)6-7-11(8)12/h2-3,6-7,9-10H,4-5H2,1H3. The van der Waals surface area contributed by atoms with E-state index in [1.54, 1.807) is 6.08 Å². The zero-order chi connectivity index (χ0) is 8.55. The van der Waals surface area contributed by atoms with Crippen molar-refractivity contribution in [1.29, 1.82) is 0 Å². The molecule has 1 fully saturated rings. The van der Waals surface area contributed by atoms with Crippen molar-refractivity contribution in [2.75, 3.05) is 0 Å². The molecule has 0 radical (unpaired) electrons. The molecule has 2 rings (SSSR count). The Morgan fingerprint density at radius 3 is 2.58 bits per heavy atom. The minimum atomic E-state index is -0.0885. The Morgan fingerprint density at radius 2 is 1.92 bits per heavy atom. The quantitative estimate of drug-likeness (QED) is 0.557. The molecular formula is C11H13F. The van der Waals surface area contributed by atoms with Gasteiger partial charge in [0.15, 0.2) is 0 Å². The Hall–Kier alpha value is -0.850. The number of halogens is 1. The van der Waals surface area contributed by atoms with Gasteiger partial charge in [-0.2, -0.15) is 0 Å². The van der Waals surface area contributed by atoms with Crippen LogP contribution in [-0.2, 0) is 0 Å². The van der Waals surface area contributed by atoms with E-state index in [1.807, 2.05) is 19.1 Å². The van der Waals surface area contributed by atoms with Crippen LogP contribution in [0, 0.1) is 11.8 Å². The van der Waals surface area contributed by atoms with E-state index in [9.17, 15) is 4.39 Å². The predicted molar refractivity (Wildman–Crippen MR) is 48.3 cm³/mol. The molecule has 0 amide bonds. The van der Waals surface area contributed by atoms with Crippen LogP contribution in [0.1, 0.15) is 19.8 Å². The molecule has 0 aromatic rings. The van der Waals surface area contributed by atoms with Gasteiger partial charge in [-0.1, -0.05) is 18.2 Å². The Balaban J connectivity index is 2.17. The fourth-order valence-electron chi connectivity index (χ4n) is 1.52. The van der Waals surface area contributed by atoms with Crippen LogP contribution in [0.2, 0.25) is 0 Å². The molecule has 0 bridgehead atoms. The Bertz CT molecular complexity index is 245. The average Bonchev–Trinajstić information content (AvgIpc) is 2.84. The molecule has 0 saturated heterocycles. The highest BCUT2D eigenvalue weighted by atomic mass is 19.1. The van der Waals surface area contributed by atoms with Gasteiger partial charge in [0, 0.05) is 0 Å². The van der Waals surface area contributed by atoms with Gasteiger partial charge in [-0.05, 0) is 43.3 Å². The Labute approximate surface area is 72.5 Å². The maximum absolute atomic E-state index is 13.0. The summed E-state index contributed by atoms with van der Waals surface area (Å²) in [5, 5.41) is 0. The predicted octanol–water partition coefficient (Wildman–Crippen LogP) is 3.38. The second kappa shape index (κ2) is 2.89. The molecule has 64 valence electrons.